The second-order valence-corrected chi connectivity index (χ2v) is 9.35. The number of rotatable bonds is 2. The van der Waals surface area contributed by atoms with Gasteiger partial charge in [-0.05, 0) is 74.2 Å². The molecule has 4 rings (SSSR count). The molecule has 0 aromatic heterocycles. The van der Waals surface area contributed by atoms with E-state index in [0.717, 1.165) is 32.1 Å². The number of Topliss-reactive ketones (excluding diaryl/α,β-unsaturated/α-hetero) is 1. The van der Waals surface area contributed by atoms with Crippen molar-refractivity contribution in [2.75, 3.05) is 6.61 Å². The number of fused-ring (bicyclic) bond motifs is 5. The van der Waals surface area contributed by atoms with Gasteiger partial charge in [-0.2, -0.15) is 0 Å². The molecule has 0 spiro atoms. The van der Waals surface area contributed by atoms with Gasteiger partial charge in [-0.15, -0.1) is 0 Å². The summed E-state index contributed by atoms with van der Waals surface area (Å²) in [5, 5.41) is 9.29. The summed E-state index contributed by atoms with van der Waals surface area (Å²) in [6.07, 6.45) is 7.99. The van der Waals surface area contributed by atoms with Crippen LogP contribution in [0.25, 0.3) is 0 Å². The maximum absolute atomic E-state index is 15.7. The number of hydrogen-bond acceptors (Lipinski definition) is 3. The zero-order valence-electron chi connectivity index (χ0n) is 15.3. The number of halogens is 1. The molecule has 6 atom stereocenters. The van der Waals surface area contributed by atoms with Crippen LogP contribution in [0.1, 0.15) is 65.2 Å². The van der Waals surface area contributed by atoms with Gasteiger partial charge in [0.25, 0.3) is 0 Å². The number of ketones is 2. The molecule has 138 valence electrons. The van der Waals surface area contributed by atoms with E-state index in [9.17, 15) is 14.7 Å². The Bertz CT molecular complexity index is 656. The predicted octanol–water partition coefficient (Wildman–Crippen LogP) is 3.79. The minimum Gasteiger partial charge on any atom is -0.388 e. The largest absolute Gasteiger partial charge is 0.388 e. The summed E-state index contributed by atoms with van der Waals surface area (Å²) in [4.78, 5) is 24.1. The highest BCUT2D eigenvalue weighted by atomic mass is 19.1. The third kappa shape index (κ3) is 2.12. The smallest absolute Gasteiger partial charge is 0.195 e. The van der Waals surface area contributed by atoms with E-state index in [1.54, 1.807) is 0 Å². The zero-order valence-corrected chi connectivity index (χ0v) is 15.3. The SMILES string of the molecule is C[C@]12CCC(=O)C=C1CC[C@@H]1[C@@H]2CC[C@@]2(C)[C@H]1CC[C@]2(F)C(=O)CO. The lowest BCUT2D eigenvalue weighted by Gasteiger charge is -2.58. The highest BCUT2D eigenvalue weighted by Gasteiger charge is 2.67. The minimum atomic E-state index is -1.86. The van der Waals surface area contributed by atoms with Crippen molar-refractivity contribution in [2.24, 2.45) is 28.6 Å². The summed E-state index contributed by atoms with van der Waals surface area (Å²) in [6.45, 7) is 3.56. The molecule has 3 saturated carbocycles. The second-order valence-electron chi connectivity index (χ2n) is 9.35. The molecule has 4 heteroatoms. The molecule has 0 radical (unpaired) electrons. The monoisotopic (exact) mass is 348 g/mol. The number of hydrogen-bond donors (Lipinski definition) is 1. The maximum Gasteiger partial charge on any atom is 0.195 e. The Balaban J connectivity index is 1.68. The number of alkyl halides is 1. The summed E-state index contributed by atoms with van der Waals surface area (Å²) < 4.78 is 15.7. The van der Waals surface area contributed by atoms with Gasteiger partial charge < -0.3 is 5.11 Å². The Labute approximate surface area is 149 Å². The normalized spacial score (nSPS) is 49.0. The number of allylic oxidation sites excluding steroid dienone is 1. The standard InChI is InChI=1S/C21H29FO3/c1-19-8-5-14(24)11-13(19)3-4-15-16(19)6-9-20(2)17(15)7-10-21(20,22)18(25)12-23/h11,15-17,23H,3-10,12H2,1-2H3/t15-,16+,17+,19+,20+,21+/m1/s1. The molecule has 3 fully saturated rings. The fourth-order valence-corrected chi connectivity index (χ4v) is 7.13. The van der Waals surface area contributed by atoms with Crippen molar-refractivity contribution in [1.29, 1.82) is 0 Å². The molecule has 25 heavy (non-hydrogen) atoms. The van der Waals surface area contributed by atoms with Gasteiger partial charge in [0.1, 0.15) is 6.61 Å². The first kappa shape index (κ1) is 17.4. The average Bonchev–Trinajstić information content (AvgIpc) is 2.87. The van der Waals surface area contributed by atoms with Crippen molar-refractivity contribution in [2.45, 2.75) is 70.9 Å². The Kier molecular flexibility index (Phi) is 3.81. The first-order valence-electron chi connectivity index (χ1n) is 9.83. The summed E-state index contributed by atoms with van der Waals surface area (Å²) in [7, 11) is 0. The van der Waals surface area contributed by atoms with Gasteiger partial charge in [0, 0.05) is 11.8 Å². The van der Waals surface area contributed by atoms with E-state index in [0.29, 0.717) is 24.7 Å². The van der Waals surface area contributed by atoms with Crippen molar-refractivity contribution in [3.05, 3.63) is 11.6 Å². The van der Waals surface area contributed by atoms with E-state index < -0.39 is 23.5 Å². The number of carbonyl (C=O) groups is 2. The lowest BCUT2D eigenvalue weighted by molar-refractivity contribution is -0.149. The van der Waals surface area contributed by atoms with Crippen molar-refractivity contribution in [3.63, 3.8) is 0 Å². The molecule has 0 aromatic rings. The van der Waals surface area contributed by atoms with Crippen LogP contribution in [-0.4, -0.2) is 28.9 Å². The molecule has 1 N–H and O–H groups in total. The Morgan fingerprint density at radius 3 is 2.60 bits per heavy atom. The van der Waals surface area contributed by atoms with Crippen molar-refractivity contribution < 1.29 is 19.1 Å². The molecule has 4 aliphatic carbocycles. The van der Waals surface area contributed by atoms with Crippen LogP contribution in [0.15, 0.2) is 11.6 Å². The molecule has 0 unspecified atom stereocenters. The maximum atomic E-state index is 15.7. The van der Waals surface area contributed by atoms with Gasteiger partial charge in [-0.3, -0.25) is 9.59 Å². The topological polar surface area (TPSA) is 54.4 Å². The Morgan fingerprint density at radius 2 is 1.88 bits per heavy atom. The van der Waals surface area contributed by atoms with E-state index in [-0.39, 0.29) is 23.5 Å². The second kappa shape index (κ2) is 5.48. The molecule has 0 bridgehead atoms. The molecule has 0 aromatic carbocycles. The fourth-order valence-electron chi connectivity index (χ4n) is 7.13. The van der Waals surface area contributed by atoms with Gasteiger partial charge >= 0.3 is 0 Å². The van der Waals surface area contributed by atoms with E-state index in [1.165, 1.54) is 5.57 Å². The highest BCUT2D eigenvalue weighted by molar-refractivity contribution is 5.91. The predicted molar refractivity (Wildman–Crippen MR) is 92.6 cm³/mol. The van der Waals surface area contributed by atoms with Crippen molar-refractivity contribution >= 4 is 11.6 Å². The van der Waals surface area contributed by atoms with Crippen LogP contribution in [-0.2, 0) is 9.59 Å². The summed E-state index contributed by atoms with van der Waals surface area (Å²) in [5.41, 5.74) is -1.13. The van der Waals surface area contributed by atoms with Crippen LogP contribution < -0.4 is 0 Å². The van der Waals surface area contributed by atoms with Gasteiger partial charge in [-0.1, -0.05) is 19.4 Å². The molecule has 0 saturated heterocycles. The van der Waals surface area contributed by atoms with Crippen LogP contribution in [0.4, 0.5) is 4.39 Å². The van der Waals surface area contributed by atoms with E-state index in [2.05, 4.69) is 6.92 Å². The van der Waals surface area contributed by atoms with Gasteiger partial charge in [0.05, 0.1) is 0 Å². The van der Waals surface area contributed by atoms with Crippen molar-refractivity contribution in [3.8, 4) is 0 Å². The number of carbonyl (C=O) groups excluding carboxylic acids is 2. The Hall–Kier alpha value is -1.03. The van der Waals surface area contributed by atoms with E-state index in [1.807, 2.05) is 13.0 Å². The lowest BCUT2D eigenvalue weighted by atomic mass is 9.46. The van der Waals surface area contributed by atoms with E-state index >= 15 is 4.39 Å². The quantitative estimate of drug-likeness (QED) is 0.826. The summed E-state index contributed by atoms with van der Waals surface area (Å²) >= 11 is 0. The average molecular weight is 348 g/mol. The van der Waals surface area contributed by atoms with Crippen molar-refractivity contribution in [1.82, 2.24) is 0 Å². The molecule has 3 nitrogen and oxygen atoms in total. The van der Waals surface area contributed by atoms with Crippen LogP contribution in [0.5, 0.6) is 0 Å². The Morgan fingerprint density at radius 1 is 1.16 bits per heavy atom. The summed E-state index contributed by atoms with van der Waals surface area (Å²) in [5.74, 6) is 0.761. The molecular formula is C21H29FO3. The van der Waals surface area contributed by atoms with E-state index in [4.69, 9.17) is 0 Å². The van der Waals surface area contributed by atoms with Gasteiger partial charge in [0.2, 0.25) is 0 Å². The first-order chi connectivity index (χ1) is 11.8. The van der Waals surface area contributed by atoms with Crippen LogP contribution in [0.3, 0.4) is 0 Å². The minimum absolute atomic E-state index is 0.0701. The summed E-state index contributed by atoms with van der Waals surface area (Å²) in [6, 6.07) is 0. The molecule has 0 amide bonds. The fraction of sp³-hybridized carbons (Fsp3) is 0.810. The molecular weight excluding hydrogens is 319 g/mol. The lowest BCUT2D eigenvalue weighted by Crippen LogP contribution is -2.56. The van der Waals surface area contributed by atoms with Crippen LogP contribution >= 0.6 is 0 Å². The van der Waals surface area contributed by atoms with Crippen LogP contribution in [0.2, 0.25) is 0 Å². The molecule has 0 heterocycles. The highest BCUT2D eigenvalue weighted by Crippen LogP contribution is 2.68. The van der Waals surface area contributed by atoms with Gasteiger partial charge in [0.15, 0.2) is 17.2 Å². The third-order valence-corrected chi connectivity index (χ3v) is 8.64. The molecule has 4 aliphatic rings. The number of aliphatic hydroxyl groups is 1. The first-order valence-corrected chi connectivity index (χ1v) is 9.83. The van der Waals surface area contributed by atoms with Crippen LogP contribution in [0, 0.1) is 28.6 Å². The zero-order chi connectivity index (χ0) is 18.0. The van der Waals surface area contributed by atoms with Gasteiger partial charge in [-0.25, -0.2) is 4.39 Å². The third-order valence-electron chi connectivity index (χ3n) is 8.64. The molecule has 0 aliphatic heterocycles. The number of aliphatic hydroxyl groups excluding tert-OH is 1.